The number of hydrogen-bond donors (Lipinski definition) is 1. The highest BCUT2D eigenvalue weighted by Crippen LogP contribution is 2.49. The number of rotatable bonds is 2. The molecule has 1 saturated heterocycles. The van der Waals surface area contributed by atoms with Gasteiger partial charge in [0, 0.05) is 11.8 Å². The van der Waals surface area contributed by atoms with Crippen molar-refractivity contribution in [3.8, 4) is 0 Å². The summed E-state index contributed by atoms with van der Waals surface area (Å²) in [6.07, 6.45) is 1.64. The first kappa shape index (κ1) is 13.1. The van der Waals surface area contributed by atoms with E-state index in [1.54, 1.807) is 0 Å². The molecule has 2 heteroatoms. The van der Waals surface area contributed by atoms with Crippen LogP contribution in [0.5, 0.6) is 0 Å². The fraction of sp³-hybridized carbons (Fsp3) is 0.647. The topological polar surface area (TPSA) is 29.5 Å². The van der Waals surface area contributed by atoms with Crippen LogP contribution in [-0.2, 0) is 11.2 Å². The van der Waals surface area contributed by atoms with Gasteiger partial charge in [0.25, 0.3) is 0 Å². The van der Waals surface area contributed by atoms with Gasteiger partial charge in [0.1, 0.15) is 0 Å². The molecule has 0 radical (unpaired) electrons. The average molecular weight is 260 g/mol. The zero-order valence-corrected chi connectivity index (χ0v) is 12.3. The molecule has 0 spiro atoms. The molecule has 1 N–H and O–H groups in total. The van der Waals surface area contributed by atoms with E-state index in [0.717, 1.165) is 12.8 Å². The highest BCUT2D eigenvalue weighted by atomic mass is 16.5. The van der Waals surface area contributed by atoms with Crippen molar-refractivity contribution in [1.29, 1.82) is 0 Å². The Bertz CT molecular complexity index is 490. The van der Waals surface area contributed by atoms with Crippen molar-refractivity contribution in [3.63, 3.8) is 0 Å². The van der Waals surface area contributed by atoms with Gasteiger partial charge in [0.15, 0.2) is 0 Å². The molecule has 0 bridgehead atoms. The molecule has 1 fully saturated rings. The number of benzene rings is 1. The molecule has 3 unspecified atom stereocenters. The van der Waals surface area contributed by atoms with Crippen LogP contribution in [0.2, 0.25) is 0 Å². The van der Waals surface area contributed by atoms with E-state index >= 15 is 0 Å². The summed E-state index contributed by atoms with van der Waals surface area (Å²) in [5.74, 6) is 0.499. The van der Waals surface area contributed by atoms with E-state index in [1.165, 1.54) is 11.1 Å². The van der Waals surface area contributed by atoms with Crippen molar-refractivity contribution in [2.45, 2.75) is 63.8 Å². The maximum Gasteiger partial charge on any atom is 0.0687 e. The third kappa shape index (κ3) is 2.11. The van der Waals surface area contributed by atoms with Crippen LogP contribution in [0.15, 0.2) is 24.3 Å². The summed E-state index contributed by atoms with van der Waals surface area (Å²) in [7, 11) is 0. The number of aliphatic hydroxyl groups excluding tert-OH is 1. The maximum absolute atomic E-state index is 10.8. The van der Waals surface area contributed by atoms with Gasteiger partial charge >= 0.3 is 0 Å². The number of aliphatic hydroxyl groups is 1. The Kier molecular flexibility index (Phi) is 2.81. The second kappa shape index (κ2) is 4.07. The fourth-order valence-corrected chi connectivity index (χ4v) is 4.02. The normalized spacial score (nSPS) is 32.5. The third-order valence-electron chi connectivity index (χ3n) is 4.86. The van der Waals surface area contributed by atoms with E-state index in [9.17, 15) is 5.11 Å². The van der Waals surface area contributed by atoms with Crippen LogP contribution in [0.25, 0.3) is 0 Å². The lowest BCUT2D eigenvalue weighted by Crippen LogP contribution is -2.42. The molecule has 0 saturated carbocycles. The van der Waals surface area contributed by atoms with Crippen molar-refractivity contribution < 1.29 is 9.84 Å². The molecule has 0 aromatic heterocycles. The molecule has 0 amide bonds. The Morgan fingerprint density at radius 3 is 2.47 bits per heavy atom. The van der Waals surface area contributed by atoms with Crippen LogP contribution in [0, 0.1) is 5.92 Å². The predicted molar refractivity (Wildman–Crippen MR) is 76.2 cm³/mol. The third-order valence-corrected chi connectivity index (χ3v) is 4.86. The molecule has 19 heavy (non-hydrogen) atoms. The van der Waals surface area contributed by atoms with E-state index < -0.39 is 0 Å². The Balaban J connectivity index is 1.81. The first-order valence-electron chi connectivity index (χ1n) is 7.26. The highest BCUT2D eigenvalue weighted by molar-refractivity contribution is 5.41. The van der Waals surface area contributed by atoms with Crippen LogP contribution in [0.3, 0.4) is 0 Å². The first-order chi connectivity index (χ1) is 8.80. The summed E-state index contributed by atoms with van der Waals surface area (Å²) < 4.78 is 6.12. The van der Waals surface area contributed by atoms with Gasteiger partial charge in [-0.05, 0) is 51.7 Å². The lowest BCUT2D eigenvalue weighted by atomic mass is 9.68. The Labute approximate surface area is 115 Å². The molecular weight excluding hydrogens is 236 g/mol. The average Bonchev–Trinajstić information content (AvgIpc) is 2.48. The molecule has 3 rings (SSSR count). The summed E-state index contributed by atoms with van der Waals surface area (Å²) in [5.41, 5.74) is 2.35. The number of hydrogen-bond acceptors (Lipinski definition) is 2. The molecule has 104 valence electrons. The van der Waals surface area contributed by atoms with Gasteiger partial charge in [-0.1, -0.05) is 24.3 Å². The van der Waals surface area contributed by atoms with Crippen LogP contribution in [0.1, 0.15) is 51.2 Å². The molecule has 2 aliphatic rings. The van der Waals surface area contributed by atoms with Gasteiger partial charge in [-0.25, -0.2) is 0 Å². The van der Waals surface area contributed by atoms with Crippen molar-refractivity contribution in [1.82, 2.24) is 0 Å². The largest absolute Gasteiger partial charge is 0.392 e. The zero-order chi connectivity index (χ0) is 13.8. The van der Waals surface area contributed by atoms with Crippen molar-refractivity contribution in [2.24, 2.45) is 5.92 Å². The summed E-state index contributed by atoms with van der Waals surface area (Å²) >= 11 is 0. The van der Waals surface area contributed by atoms with Crippen LogP contribution >= 0.6 is 0 Å². The minimum Gasteiger partial charge on any atom is -0.392 e. The Hall–Kier alpha value is -0.860. The van der Waals surface area contributed by atoms with Crippen molar-refractivity contribution in [3.05, 3.63) is 35.4 Å². The Morgan fingerprint density at radius 2 is 1.89 bits per heavy atom. The lowest BCUT2D eigenvalue weighted by molar-refractivity contribution is -0.0907. The molecule has 1 aromatic carbocycles. The van der Waals surface area contributed by atoms with Crippen LogP contribution < -0.4 is 0 Å². The van der Waals surface area contributed by atoms with Crippen molar-refractivity contribution >= 4 is 0 Å². The maximum atomic E-state index is 10.8. The fourth-order valence-electron chi connectivity index (χ4n) is 4.02. The van der Waals surface area contributed by atoms with Crippen molar-refractivity contribution in [2.75, 3.05) is 0 Å². The molecule has 3 atom stereocenters. The number of ether oxygens (including phenoxy) is 1. The molecule has 1 aliphatic heterocycles. The standard InChI is InChI=1S/C17H24O2/c1-16(2)10-14(17(3,4)19-16)15(18)13-9-11-7-5-6-8-12(11)13/h5-8,13-15,18H,9-10H2,1-4H3. The second-order valence-corrected chi connectivity index (χ2v) is 7.28. The zero-order valence-electron chi connectivity index (χ0n) is 12.3. The van der Waals surface area contributed by atoms with Gasteiger partial charge in [-0.2, -0.15) is 0 Å². The smallest absolute Gasteiger partial charge is 0.0687 e. The summed E-state index contributed by atoms with van der Waals surface area (Å²) in [5, 5.41) is 10.8. The van der Waals surface area contributed by atoms with Gasteiger partial charge < -0.3 is 9.84 Å². The summed E-state index contributed by atoms with van der Waals surface area (Å²) in [6.45, 7) is 8.47. The quantitative estimate of drug-likeness (QED) is 0.884. The molecule has 1 aromatic rings. The van der Waals surface area contributed by atoms with Crippen LogP contribution in [0.4, 0.5) is 0 Å². The van der Waals surface area contributed by atoms with Gasteiger partial charge in [0.2, 0.25) is 0 Å². The molecule has 1 aliphatic carbocycles. The SMILES string of the molecule is CC1(C)CC(C(O)C2Cc3ccccc32)C(C)(C)O1. The minimum atomic E-state index is -0.299. The van der Waals surface area contributed by atoms with E-state index in [-0.39, 0.29) is 29.1 Å². The second-order valence-electron chi connectivity index (χ2n) is 7.28. The summed E-state index contributed by atoms with van der Waals surface area (Å²) in [4.78, 5) is 0. The number of fused-ring (bicyclic) bond motifs is 1. The van der Waals surface area contributed by atoms with Gasteiger partial charge in [-0.15, -0.1) is 0 Å². The van der Waals surface area contributed by atoms with Gasteiger partial charge in [-0.3, -0.25) is 0 Å². The monoisotopic (exact) mass is 260 g/mol. The predicted octanol–water partition coefficient (Wildman–Crippen LogP) is 3.28. The van der Waals surface area contributed by atoms with Gasteiger partial charge in [0.05, 0.1) is 17.3 Å². The van der Waals surface area contributed by atoms with E-state index in [2.05, 4.69) is 52.0 Å². The molecule has 2 nitrogen and oxygen atoms in total. The Morgan fingerprint density at radius 1 is 1.21 bits per heavy atom. The van der Waals surface area contributed by atoms with E-state index in [1.807, 2.05) is 0 Å². The summed E-state index contributed by atoms with van der Waals surface area (Å²) in [6, 6.07) is 8.46. The lowest BCUT2D eigenvalue weighted by Gasteiger charge is -2.40. The first-order valence-corrected chi connectivity index (χ1v) is 7.26. The molecular formula is C17H24O2. The van der Waals surface area contributed by atoms with Crippen LogP contribution in [-0.4, -0.2) is 22.4 Å². The molecule has 1 heterocycles. The minimum absolute atomic E-state index is 0.127. The van der Waals surface area contributed by atoms with E-state index in [4.69, 9.17) is 4.74 Å². The highest BCUT2D eigenvalue weighted by Gasteiger charge is 2.51. The van der Waals surface area contributed by atoms with E-state index in [0.29, 0.717) is 0 Å².